The molecule has 1 aliphatic carbocycles. The van der Waals surface area contributed by atoms with Crippen LogP contribution in [0.4, 0.5) is 0 Å². The van der Waals surface area contributed by atoms with E-state index in [2.05, 4.69) is 22.3 Å². The molecule has 18 heavy (non-hydrogen) atoms. The summed E-state index contributed by atoms with van der Waals surface area (Å²) in [5.74, 6) is 1.08. The third-order valence-electron chi connectivity index (χ3n) is 4.35. The molecule has 2 fully saturated rings. The van der Waals surface area contributed by atoms with Gasteiger partial charge in [-0.3, -0.25) is 4.68 Å². The van der Waals surface area contributed by atoms with Gasteiger partial charge in [-0.2, -0.15) is 5.10 Å². The van der Waals surface area contributed by atoms with Gasteiger partial charge in [0.2, 0.25) is 0 Å². The number of hydrogen-bond acceptors (Lipinski definition) is 4. The van der Waals surface area contributed by atoms with E-state index in [1.807, 2.05) is 4.68 Å². The standard InChI is InChI=1S/C13H22N4O/c1-2-17-12(15-10-16-17)9-11-13(5-3-4-6-13)18-8-7-14-11/h10-11,14H,2-9H2,1H3. The fourth-order valence-electron chi connectivity index (χ4n) is 3.39. The van der Waals surface area contributed by atoms with Crippen molar-refractivity contribution >= 4 is 0 Å². The van der Waals surface area contributed by atoms with Crippen LogP contribution in [0.1, 0.15) is 38.4 Å². The van der Waals surface area contributed by atoms with Crippen LogP contribution in [-0.4, -0.2) is 39.6 Å². The van der Waals surface area contributed by atoms with Crippen LogP contribution in [0, 0.1) is 0 Å². The second kappa shape index (κ2) is 4.97. The highest BCUT2D eigenvalue weighted by Gasteiger charge is 2.44. The number of aryl methyl sites for hydroxylation is 1. The topological polar surface area (TPSA) is 52.0 Å². The molecule has 1 unspecified atom stereocenters. The average molecular weight is 250 g/mol. The summed E-state index contributed by atoms with van der Waals surface area (Å²) in [4.78, 5) is 4.39. The summed E-state index contributed by atoms with van der Waals surface area (Å²) >= 11 is 0. The van der Waals surface area contributed by atoms with Gasteiger partial charge in [-0.1, -0.05) is 12.8 Å². The molecule has 3 rings (SSSR count). The molecule has 0 bridgehead atoms. The summed E-state index contributed by atoms with van der Waals surface area (Å²) in [6.45, 7) is 4.79. The van der Waals surface area contributed by atoms with Crippen molar-refractivity contribution in [3.8, 4) is 0 Å². The summed E-state index contributed by atoms with van der Waals surface area (Å²) in [6, 6.07) is 0.392. The molecule has 1 saturated heterocycles. The number of aromatic nitrogens is 3. The van der Waals surface area contributed by atoms with E-state index in [-0.39, 0.29) is 5.60 Å². The summed E-state index contributed by atoms with van der Waals surface area (Å²) in [6.07, 6.45) is 7.53. The fraction of sp³-hybridized carbons (Fsp3) is 0.846. The van der Waals surface area contributed by atoms with Gasteiger partial charge in [0.15, 0.2) is 0 Å². The maximum absolute atomic E-state index is 6.14. The van der Waals surface area contributed by atoms with Gasteiger partial charge in [0.05, 0.1) is 12.2 Å². The monoisotopic (exact) mass is 250 g/mol. The van der Waals surface area contributed by atoms with Crippen LogP contribution in [0.3, 0.4) is 0 Å². The van der Waals surface area contributed by atoms with E-state index in [0.717, 1.165) is 31.9 Å². The van der Waals surface area contributed by atoms with Gasteiger partial charge in [0.1, 0.15) is 12.2 Å². The molecule has 1 aromatic heterocycles. The third kappa shape index (κ3) is 2.06. The number of hydrogen-bond donors (Lipinski definition) is 1. The Labute approximate surface area is 108 Å². The van der Waals surface area contributed by atoms with Gasteiger partial charge >= 0.3 is 0 Å². The van der Waals surface area contributed by atoms with Crippen LogP contribution in [0.5, 0.6) is 0 Å². The van der Waals surface area contributed by atoms with E-state index >= 15 is 0 Å². The smallest absolute Gasteiger partial charge is 0.138 e. The van der Waals surface area contributed by atoms with Crippen LogP contribution in [-0.2, 0) is 17.7 Å². The predicted octanol–water partition coefficient (Wildman–Crippen LogP) is 1.14. The van der Waals surface area contributed by atoms with E-state index in [4.69, 9.17) is 4.74 Å². The van der Waals surface area contributed by atoms with Crippen LogP contribution < -0.4 is 5.32 Å². The summed E-state index contributed by atoms with van der Waals surface area (Å²) in [7, 11) is 0. The minimum atomic E-state index is 0.0583. The number of nitrogens with one attached hydrogen (secondary N) is 1. The molecule has 5 heteroatoms. The molecule has 2 heterocycles. The van der Waals surface area contributed by atoms with Crippen LogP contribution >= 0.6 is 0 Å². The van der Waals surface area contributed by atoms with E-state index in [0.29, 0.717) is 6.04 Å². The lowest BCUT2D eigenvalue weighted by atomic mass is 9.88. The second-order valence-corrected chi connectivity index (χ2v) is 5.32. The molecular weight excluding hydrogens is 228 g/mol. The molecule has 0 amide bonds. The summed E-state index contributed by atoms with van der Waals surface area (Å²) in [5, 5.41) is 7.89. The first-order valence-electron chi connectivity index (χ1n) is 7.08. The van der Waals surface area contributed by atoms with Crippen molar-refractivity contribution in [3.63, 3.8) is 0 Å². The van der Waals surface area contributed by atoms with Crippen molar-refractivity contribution < 1.29 is 4.74 Å². The Morgan fingerprint density at radius 2 is 2.33 bits per heavy atom. The molecule has 1 atom stereocenters. The first kappa shape index (κ1) is 12.1. The molecule has 5 nitrogen and oxygen atoms in total. The summed E-state index contributed by atoms with van der Waals surface area (Å²) < 4.78 is 8.13. The largest absolute Gasteiger partial charge is 0.372 e. The minimum absolute atomic E-state index is 0.0583. The average Bonchev–Trinajstić information content (AvgIpc) is 3.02. The van der Waals surface area contributed by atoms with Gasteiger partial charge in [-0.05, 0) is 19.8 Å². The molecule has 100 valence electrons. The number of ether oxygens (including phenoxy) is 1. The Kier molecular flexibility index (Phi) is 3.35. The maximum atomic E-state index is 6.14. The lowest BCUT2D eigenvalue weighted by Gasteiger charge is -2.42. The van der Waals surface area contributed by atoms with Crippen molar-refractivity contribution in [1.29, 1.82) is 0 Å². The number of morpholine rings is 1. The zero-order chi connectivity index (χ0) is 12.4. The van der Waals surface area contributed by atoms with Crippen molar-refractivity contribution in [2.24, 2.45) is 0 Å². The molecule has 1 spiro atoms. The minimum Gasteiger partial charge on any atom is -0.372 e. The highest BCUT2D eigenvalue weighted by molar-refractivity contribution is 5.04. The highest BCUT2D eigenvalue weighted by Crippen LogP contribution is 2.38. The van der Waals surface area contributed by atoms with E-state index in [1.54, 1.807) is 6.33 Å². The lowest BCUT2D eigenvalue weighted by molar-refractivity contribution is -0.0923. The van der Waals surface area contributed by atoms with E-state index in [1.165, 1.54) is 25.7 Å². The second-order valence-electron chi connectivity index (χ2n) is 5.32. The van der Waals surface area contributed by atoms with E-state index < -0.39 is 0 Å². The van der Waals surface area contributed by atoms with Crippen molar-refractivity contribution in [1.82, 2.24) is 20.1 Å². The highest BCUT2D eigenvalue weighted by atomic mass is 16.5. The zero-order valence-electron chi connectivity index (χ0n) is 11.1. The molecule has 1 N–H and O–H groups in total. The molecule has 1 saturated carbocycles. The Morgan fingerprint density at radius 3 is 3.11 bits per heavy atom. The molecule has 1 aliphatic heterocycles. The molecule has 2 aliphatic rings. The fourth-order valence-corrected chi connectivity index (χ4v) is 3.39. The van der Waals surface area contributed by atoms with Crippen LogP contribution in [0.15, 0.2) is 6.33 Å². The number of rotatable bonds is 3. The normalized spacial score (nSPS) is 26.8. The maximum Gasteiger partial charge on any atom is 0.138 e. The molecular formula is C13H22N4O. The first-order chi connectivity index (χ1) is 8.84. The first-order valence-corrected chi connectivity index (χ1v) is 7.08. The van der Waals surface area contributed by atoms with E-state index in [9.17, 15) is 0 Å². The van der Waals surface area contributed by atoms with Gasteiger partial charge in [0.25, 0.3) is 0 Å². The summed E-state index contributed by atoms with van der Waals surface area (Å²) in [5.41, 5.74) is 0.0583. The van der Waals surface area contributed by atoms with Gasteiger partial charge in [-0.25, -0.2) is 4.98 Å². The van der Waals surface area contributed by atoms with Gasteiger partial charge in [0, 0.05) is 25.6 Å². The molecule has 0 radical (unpaired) electrons. The van der Waals surface area contributed by atoms with Gasteiger partial charge in [-0.15, -0.1) is 0 Å². The quantitative estimate of drug-likeness (QED) is 0.874. The van der Waals surface area contributed by atoms with Crippen LogP contribution in [0.25, 0.3) is 0 Å². The molecule has 0 aromatic carbocycles. The van der Waals surface area contributed by atoms with Crippen molar-refractivity contribution in [2.75, 3.05) is 13.2 Å². The third-order valence-corrected chi connectivity index (χ3v) is 4.35. The zero-order valence-corrected chi connectivity index (χ0v) is 11.1. The predicted molar refractivity (Wildman–Crippen MR) is 68.3 cm³/mol. The Morgan fingerprint density at radius 1 is 1.50 bits per heavy atom. The van der Waals surface area contributed by atoms with Crippen LogP contribution in [0.2, 0.25) is 0 Å². The molecule has 1 aromatic rings. The van der Waals surface area contributed by atoms with Crippen molar-refractivity contribution in [3.05, 3.63) is 12.2 Å². The van der Waals surface area contributed by atoms with Gasteiger partial charge < -0.3 is 10.1 Å². The number of nitrogens with zero attached hydrogens (tertiary/aromatic N) is 3. The Bertz CT molecular complexity index is 397. The lowest BCUT2D eigenvalue weighted by Crippen LogP contribution is -2.57. The Balaban J connectivity index is 1.77. The van der Waals surface area contributed by atoms with Crippen molar-refractivity contribution in [2.45, 2.75) is 57.2 Å². The SMILES string of the molecule is CCn1ncnc1CC1NCCOC12CCCC2. The Hall–Kier alpha value is -0.940.